The van der Waals surface area contributed by atoms with E-state index in [2.05, 4.69) is 6.92 Å². The van der Waals surface area contributed by atoms with Crippen molar-refractivity contribution >= 4 is 0 Å². The SMILES string of the molecule is CO[CH-][C@H](OC)[C@H](OC)[C-]1CC(C)C1.[Y]. The summed E-state index contributed by atoms with van der Waals surface area (Å²) >= 11 is 0. The first kappa shape index (κ1) is 16.0. The molecule has 0 aliphatic heterocycles. The second-order valence-electron chi connectivity index (χ2n) is 3.90. The minimum atomic E-state index is -0.0903. The fourth-order valence-electron chi connectivity index (χ4n) is 1.99. The Morgan fingerprint density at radius 1 is 1.20 bits per heavy atom. The van der Waals surface area contributed by atoms with E-state index in [1.165, 1.54) is 5.92 Å². The van der Waals surface area contributed by atoms with Gasteiger partial charge in [-0.15, -0.1) is 0 Å². The van der Waals surface area contributed by atoms with Crippen molar-refractivity contribution in [3.05, 3.63) is 12.5 Å². The summed E-state index contributed by atoms with van der Waals surface area (Å²) in [5.74, 6) is 2.22. The maximum absolute atomic E-state index is 5.43. The minimum Gasteiger partial charge on any atom is -0.552 e. The number of rotatable bonds is 6. The zero-order chi connectivity index (χ0) is 10.6. The van der Waals surface area contributed by atoms with E-state index in [9.17, 15) is 0 Å². The molecule has 0 heterocycles. The molecule has 0 N–H and O–H groups in total. The average molecular weight is 289 g/mol. The Morgan fingerprint density at radius 3 is 2.13 bits per heavy atom. The van der Waals surface area contributed by atoms with Crippen LogP contribution in [0.25, 0.3) is 0 Å². The molecule has 3 nitrogen and oxygen atoms in total. The van der Waals surface area contributed by atoms with Crippen LogP contribution in [0, 0.1) is 18.4 Å². The van der Waals surface area contributed by atoms with Crippen LogP contribution in [-0.2, 0) is 46.9 Å². The summed E-state index contributed by atoms with van der Waals surface area (Å²) < 4.78 is 15.7. The van der Waals surface area contributed by atoms with E-state index in [-0.39, 0.29) is 44.9 Å². The Balaban J connectivity index is 0.00000196. The Bertz CT molecular complexity index is 160. The summed E-state index contributed by atoms with van der Waals surface area (Å²) in [6.45, 7) is 3.93. The smallest absolute Gasteiger partial charge is 0.0324 e. The van der Waals surface area contributed by atoms with Gasteiger partial charge in [-0.3, -0.25) is 5.92 Å². The van der Waals surface area contributed by atoms with Crippen molar-refractivity contribution in [2.75, 3.05) is 21.3 Å². The van der Waals surface area contributed by atoms with Crippen LogP contribution in [-0.4, -0.2) is 33.5 Å². The fourth-order valence-corrected chi connectivity index (χ4v) is 1.99. The standard InChI is InChI=1S/C11H20O3.Y/c1-8-5-9(6-8)11(14-4)10(13-3)7-12-2;/h7-8,10-11H,5-6H2,1-4H3;/q-2;/t10-,11+;/m0./s1. The molecular formula is C11H20O3Y-2. The van der Waals surface area contributed by atoms with E-state index in [0.29, 0.717) is 0 Å². The molecule has 0 unspecified atom stereocenters. The Morgan fingerprint density at radius 2 is 1.80 bits per heavy atom. The third kappa shape index (κ3) is 4.39. The van der Waals surface area contributed by atoms with Crippen molar-refractivity contribution in [2.45, 2.75) is 32.0 Å². The Labute approximate surface area is 118 Å². The molecule has 0 saturated heterocycles. The van der Waals surface area contributed by atoms with Gasteiger partial charge in [-0.2, -0.15) is 19.4 Å². The largest absolute Gasteiger partial charge is 0.552 e. The molecule has 0 spiro atoms. The van der Waals surface area contributed by atoms with Gasteiger partial charge in [0.25, 0.3) is 0 Å². The molecule has 0 aromatic rings. The maximum Gasteiger partial charge on any atom is 0.0324 e. The van der Waals surface area contributed by atoms with Gasteiger partial charge in [0.1, 0.15) is 0 Å². The molecule has 87 valence electrons. The molecular weight excluding hydrogens is 269 g/mol. The van der Waals surface area contributed by atoms with E-state index in [1.54, 1.807) is 27.9 Å². The first-order valence-corrected chi connectivity index (χ1v) is 4.99. The molecule has 15 heavy (non-hydrogen) atoms. The van der Waals surface area contributed by atoms with Gasteiger partial charge in [0.15, 0.2) is 0 Å². The van der Waals surface area contributed by atoms with Gasteiger partial charge in [0.05, 0.1) is 0 Å². The molecule has 2 atom stereocenters. The van der Waals surface area contributed by atoms with Crippen molar-refractivity contribution < 1.29 is 46.9 Å². The van der Waals surface area contributed by atoms with E-state index in [1.807, 2.05) is 0 Å². The average Bonchev–Trinajstić information content (AvgIpc) is 2.14. The molecule has 0 aromatic heterocycles. The second kappa shape index (κ2) is 8.13. The van der Waals surface area contributed by atoms with Gasteiger partial charge in [0, 0.05) is 46.9 Å². The van der Waals surface area contributed by atoms with Crippen LogP contribution in [0.3, 0.4) is 0 Å². The summed E-state index contributed by atoms with van der Waals surface area (Å²) in [7, 11) is 5.03. The summed E-state index contributed by atoms with van der Waals surface area (Å²) in [6.07, 6.45) is 2.26. The first-order valence-electron chi connectivity index (χ1n) is 4.99. The van der Waals surface area contributed by atoms with Gasteiger partial charge >= 0.3 is 0 Å². The maximum atomic E-state index is 5.43. The predicted molar refractivity (Wildman–Crippen MR) is 54.5 cm³/mol. The number of hydrogen-bond acceptors (Lipinski definition) is 3. The fraction of sp³-hybridized carbons (Fsp3) is 0.818. The normalized spacial score (nSPS) is 21.6. The van der Waals surface area contributed by atoms with Crippen molar-refractivity contribution in [1.82, 2.24) is 0 Å². The molecule has 0 bridgehead atoms. The van der Waals surface area contributed by atoms with Gasteiger partial charge in [-0.05, 0) is 13.2 Å². The van der Waals surface area contributed by atoms with Crippen LogP contribution in [0.15, 0.2) is 0 Å². The number of ether oxygens (including phenoxy) is 3. The molecule has 1 fully saturated rings. The summed E-state index contributed by atoms with van der Waals surface area (Å²) in [5.41, 5.74) is 0. The third-order valence-corrected chi connectivity index (χ3v) is 2.72. The topological polar surface area (TPSA) is 27.7 Å². The Kier molecular flexibility index (Phi) is 8.66. The molecule has 4 heteroatoms. The van der Waals surface area contributed by atoms with Crippen LogP contribution in [0.1, 0.15) is 19.8 Å². The zero-order valence-electron chi connectivity index (χ0n) is 10.0. The number of methoxy groups -OCH3 is 3. The van der Waals surface area contributed by atoms with Gasteiger partial charge in [0.2, 0.25) is 0 Å². The van der Waals surface area contributed by atoms with Crippen molar-refractivity contribution in [2.24, 2.45) is 5.92 Å². The molecule has 1 radical (unpaired) electrons. The second-order valence-corrected chi connectivity index (χ2v) is 3.90. The van der Waals surface area contributed by atoms with Crippen LogP contribution in [0.4, 0.5) is 0 Å². The zero-order valence-corrected chi connectivity index (χ0v) is 12.9. The minimum absolute atomic E-state index is 0. The molecule has 1 rings (SSSR count). The molecule has 1 aliphatic rings. The molecule has 1 aliphatic carbocycles. The van der Waals surface area contributed by atoms with Crippen LogP contribution in [0.2, 0.25) is 0 Å². The number of hydrogen-bond donors (Lipinski definition) is 0. The van der Waals surface area contributed by atoms with Gasteiger partial charge in [-0.1, -0.05) is 18.9 Å². The van der Waals surface area contributed by atoms with E-state index < -0.39 is 0 Å². The first-order chi connectivity index (χ1) is 6.72. The van der Waals surface area contributed by atoms with E-state index >= 15 is 0 Å². The van der Waals surface area contributed by atoms with Crippen LogP contribution < -0.4 is 0 Å². The Hall–Kier alpha value is 0.984. The predicted octanol–water partition coefficient (Wildman–Crippen LogP) is 1.83. The summed E-state index contributed by atoms with van der Waals surface area (Å²) in [4.78, 5) is 0. The van der Waals surface area contributed by atoms with Crippen molar-refractivity contribution in [3.63, 3.8) is 0 Å². The molecule has 0 aromatic carbocycles. The van der Waals surface area contributed by atoms with Gasteiger partial charge < -0.3 is 14.2 Å². The van der Waals surface area contributed by atoms with Crippen molar-refractivity contribution in [1.29, 1.82) is 0 Å². The molecule has 0 amide bonds. The van der Waals surface area contributed by atoms with Gasteiger partial charge in [-0.25, -0.2) is 0 Å². The summed E-state index contributed by atoms with van der Waals surface area (Å²) in [5, 5.41) is 0. The van der Waals surface area contributed by atoms with E-state index in [4.69, 9.17) is 14.2 Å². The quantitative estimate of drug-likeness (QED) is 0.698. The molecule has 1 saturated carbocycles. The van der Waals surface area contributed by atoms with Crippen molar-refractivity contribution in [3.8, 4) is 0 Å². The van der Waals surface area contributed by atoms with Crippen LogP contribution in [0.5, 0.6) is 0 Å². The third-order valence-electron chi connectivity index (χ3n) is 2.72. The van der Waals surface area contributed by atoms with E-state index in [0.717, 1.165) is 18.8 Å². The monoisotopic (exact) mass is 289 g/mol. The summed E-state index contributed by atoms with van der Waals surface area (Å²) in [6, 6.07) is 0. The van der Waals surface area contributed by atoms with Crippen LogP contribution >= 0.6 is 0 Å².